The van der Waals surface area contributed by atoms with Gasteiger partial charge in [0.15, 0.2) is 0 Å². The smallest absolute Gasteiger partial charge is 0.242 e. The Bertz CT molecular complexity index is 510. The molecular formula is C14H22N2O2S. The first-order chi connectivity index (χ1) is 9.13. The number of hydrogen-bond acceptors (Lipinski definition) is 3. The molecule has 0 spiro atoms. The lowest BCUT2D eigenvalue weighted by molar-refractivity contribution is 0.303. The van der Waals surface area contributed by atoms with E-state index in [1.807, 2.05) is 12.1 Å². The second-order valence-corrected chi connectivity index (χ2v) is 6.75. The SMILES string of the molecule is CCNS(=O)(=O)c1ccccc1NCCC1CCC1. The molecule has 0 heterocycles. The molecule has 0 radical (unpaired) electrons. The first kappa shape index (κ1) is 14.3. The van der Waals surface area contributed by atoms with Crippen molar-refractivity contribution in [1.29, 1.82) is 0 Å². The van der Waals surface area contributed by atoms with Gasteiger partial charge in [-0.15, -0.1) is 0 Å². The molecule has 1 aliphatic carbocycles. The molecule has 4 nitrogen and oxygen atoms in total. The summed E-state index contributed by atoms with van der Waals surface area (Å²) in [6, 6.07) is 7.08. The molecule has 0 atom stereocenters. The monoisotopic (exact) mass is 282 g/mol. The third-order valence-electron chi connectivity index (χ3n) is 3.60. The predicted molar refractivity (Wildman–Crippen MR) is 77.8 cm³/mol. The Morgan fingerprint density at radius 2 is 2.00 bits per heavy atom. The van der Waals surface area contributed by atoms with Crippen LogP contribution in [0, 0.1) is 5.92 Å². The second-order valence-electron chi connectivity index (χ2n) is 5.01. The summed E-state index contributed by atoms with van der Waals surface area (Å²) in [5, 5.41) is 3.26. The van der Waals surface area contributed by atoms with Crippen LogP contribution in [0.4, 0.5) is 5.69 Å². The van der Waals surface area contributed by atoms with Crippen LogP contribution in [0.15, 0.2) is 29.2 Å². The fraction of sp³-hybridized carbons (Fsp3) is 0.571. The van der Waals surface area contributed by atoms with E-state index in [4.69, 9.17) is 0 Å². The van der Waals surface area contributed by atoms with Crippen molar-refractivity contribution < 1.29 is 8.42 Å². The average molecular weight is 282 g/mol. The lowest BCUT2D eigenvalue weighted by Crippen LogP contribution is -2.24. The molecule has 0 aliphatic heterocycles. The minimum atomic E-state index is -3.40. The van der Waals surface area contributed by atoms with Crippen molar-refractivity contribution in [2.24, 2.45) is 5.92 Å². The van der Waals surface area contributed by atoms with Crippen molar-refractivity contribution in [3.05, 3.63) is 24.3 Å². The molecule has 0 aromatic heterocycles. The van der Waals surface area contributed by atoms with Crippen LogP contribution in [0.1, 0.15) is 32.6 Å². The van der Waals surface area contributed by atoms with Crippen LogP contribution in [-0.4, -0.2) is 21.5 Å². The maximum atomic E-state index is 12.1. The number of sulfonamides is 1. The molecule has 0 amide bonds. The van der Waals surface area contributed by atoms with E-state index in [2.05, 4.69) is 10.0 Å². The molecule has 2 N–H and O–H groups in total. The molecular weight excluding hydrogens is 260 g/mol. The Hall–Kier alpha value is -1.07. The lowest BCUT2D eigenvalue weighted by atomic mass is 9.83. The predicted octanol–water partition coefficient (Wildman–Crippen LogP) is 2.59. The maximum absolute atomic E-state index is 12.1. The van der Waals surface area contributed by atoms with Gasteiger partial charge < -0.3 is 5.32 Å². The van der Waals surface area contributed by atoms with Crippen LogP contribution in [0.3, 0.4) is 0 Å². The van der Waals surface area contributed by atoms with Gasteiger partial charge >= 0.3 is 0 Å². The van der Waals surface area contributed by atoms with Crippen LogP contribution in [0.5, 0.6) is 0 Å². The van der Waals surface area contributed by atoms with E-state index >= 15 is 0 Å². The molecule has 19 heavy (non-hydrogen) atoms. The van der Waals surface area contributed by atoms with E-state index in [0.29, 0.717) is 17.1 Å². The standard InChI is InChI=1S/C14H22N2O2S/c1-2-16-19(17,18)14-9-4-3-8-13(14)15-11-10-12-6-5-7-12/h3-4,8-9,12,15-16H,2,5-7,10-11H2,1H3. The molecule has 0 saturated heterocycles. The third kappa shape index (κ3) is 3.70. The van der Waals surface area contributed by atoms with Crippen molar-refractivity contribution in [1.82, 2.24) is 4.72 Å². The second kappa shape index (κ2) is 6.39. The molecule has 2 rings (SSSR count). The van der Waals surface area contributed by atoms with E-state index in [9.17, 15) is 8.42 Å². The summed E-state index contributed by atoms with van der Waals surface area (Å²) in [7, 11) is -3.40. The van der Waals surface area contributed by atoms with Crippen molar-refractivity contribution >= 4 is 15.7 Å². The van der Waals surface area contributed by atoms with E-state index in [0.717, 1.165) is 18.9 Å². The summed E-state index contributed by atoms with van der Waals surface area (Å²) in [5.74, 6) is 0.824. The lowest BCUT2D eigenvalue weighted by Gasteiger charge is -2.25. The molecule has 0 bridgehead atoms. The van der Waals surface area contributed by atoms with E-state index in [-0.39, 0.29) is 0 Å². The zero-order valence-corrected chi connectivity index (χ0v) is 12.2. The van der Waals surface area contributed by atoms with Gasteiger partial charge in [0.2, 0.25) is 10.0 Å². The number of nitrogens with one attached hydrogen (secondary N) is 2. The Morgan fingerprint density at radius 1 is 1.26 bits per heavy atom. The van der Waals surface area contributed by atoms with Gasteiger partial charge in [0.25, 0.3) is 0 Å². The highest BCUT2D eigenvalue weighted by molar-refractivity contribution is 7.89. The number of para-hydroxylation sites is 1. The van der Waals surface area contributed by atoms with Crippen LogP contribution < -0.4 is 10.0 Å². The van der Waals surface area contributed by atoms with Gasteiger partial charge in [0.05, 0.1) is 5.69 Å². The maximum Gasteiger partial charge on any atom is 0.242 e. The minimum Gasteiger partial charge on any atom is -0.384 e. The average Bonchev–Trinajstić information content (AvgIpc) is 2.33. The summed E-state index contributed by atoms with van der Waals surface area (Å²) < 4.78 is 26.7. The van der Waals surface area contributed by atoms with Crippen molar-refractivity contribution in [3.8, 4) is 0 Å². The Morgan fingerprint density at radius 3 is 2.63 bits per heavy atom. The van der Waals surface area contributed by atoms with Gasteiger partial charge in [-0.25, -0.2) is 13.1 Å². The zero-order chi connectivity index (χ0) is 13.7. The van der Waals surface area contributed by atoms with Gasteiger partial charge in [0.1, 0.15) is 4.90 Å². The summed E-state index contributed by atoms with van der Waals surface area (Å²) in [4.78, 5) is 0.338. The Kier molecular flexibility index (Phi) is 4.82. The van der Waals surface area contributed by atoms with Gasteiger partial charge in [-0.2, -0.15) is 0 Å². The first-order valence-corrected chi connectivity index (χ1v) is 8.44. The van der Waals surface area contributed by atoms with Crippen molar-refractivity contribution in [2.75, 3.05) is 18.4 Å². The molecule has 1 aromatic carbocycles. The highest BCUT2D eigenvalue weighted by atomic mass is 32.2. The number of hydrogen-bond donors (Lipinski definition) is 2. The van der Waals surface area contributed by atoms with Gasteiger partial charge in [-0.05, 0) is 24.5 Å². The Balaban J connectivity index is 2.03. The number of rotatable bonds is 7. The van der Waals surface area contributed by atoms with Gasteiger partial charge in [-0.1, -0.05) is 38.3 Å². The highest BCUT2D eigenvalue weighted by Gasteiger charge is 2.19. The summed E-state index contributed by atoms with van der Waals surface area (Å²) in [5.41, 5.74) is 0.697. The summed E-state index contributed by atoms with van der Waals surface area (Å²) >= 11 is 0. The van der Waals surface area contributed by atoms with Crippen LogP contribution >= 0.6 is 0 Å². The van der Waals surface area contributed by atoms with Crippen LogP contribution in [0.25, 0.3) is 0 Å². The number of benzene rings is 1. The largest absolute Gasteiger partial charge is 0.384 e. The molecule has 0 unspecified atom stereocenters. The zero-order valence-electron chi connectivity index (χ0n) is 11.4. The topological polar surface area (TPSA) is 58.2 Å². The molecule has 106 valence electrons. The first-order valence-electron chi connectivity index (χ1n) is 6.96. The Labute approximate surface area is 115 Å². The fourth-order valence-electron chi connectivity index (χ4n) is 2.31. The van der Waals surface area contributed by atoms with Crippen LogP contribution in [0.2, 0.25) is 0 Å². The van der Waals surface area contributed by atoms with Gasteiger partial charge in [-0.3, -0.25) is 0 Å². The molecule has 1 fully saturated rings. The fourth-order valence-corrected chi connectivity index (χ4v) is 3.53. The van der Waals surface area contributed by atoms with E-state index in [1.54, 1.807) is 19.1 Å². The van der Waals surface area contributed by atoms with Crippen molar-refractivity contribution in [3.63, 3.8) is 0 Å². The third-order valence-corrected chi connectivity index (χ3v) is 5.21. The molecule has 1 aromatic rings. The van der Waals surface area contributed by atoms with Gasteiger partial charge in [0, 0.05) is 13.1 Å². The van der Waals surface area contributed by atoms with E-state index < -0.39 is 10.0 Å². The molecule has 1 aliphatic rings. The van der Waals surface area contributed by atoms with Crippen LogP contribution in [-0.2, 0) is 10.0 Å². The quantitative estimate of drug-likeness (QED) is 0.808. The number of anilines is 1. The normalized spacial score (nSPS) is 16.1. The molecule has 1 saturated carbocycles. The van der Waals surface area contributed by atoms with E-state index in [1.165, 1.54) is 19.3 Å². The minimum absolute atomic E-state index is 0.338. The molecule has 5 heteroatoms. The summed E-state index contributed by atoms with van der Waals surface area (Å²) in [6.45, 7) is 3.02. The summed E-state index contributed by atoms with van der Waals surface area (Å²) in [6.07, 6.45) is 5.10. The highest BCUT2D eigenvalue weighted by Crippen LogP contribution is 2.29. The van der Waals surface area contributed by atoms with Crippen molar-refractivity contribution in [2.45, 2.75) is 37.5 Å².